The summed E-state index contributed by atoms with van der Waals surface area (Å²) in [4.78, 5) is 19.2. The molecule has 0 bridgehead atoms. The van der Waals surface area contributed by atoms with Crippen molar-refractivity contribution in [2.75, 3.05) is 0 Å². The number of hydrogen-bond donors (Lipinski definition) is 2. The van der Waals surface area contributed by atoms with Gasteiger partial charge in [-0.3, -0.25) is 0 Å². The van der Waals surface area contributed by atoms with E-state index in [-0.39, 0.29) is 11.3 Å². The first-order valence-electron chi connectivity index (χ1n) is 3.64. The standard InChI is InChI=1S/C7H12N2O3/c1-7(2,3)6-8-4(5(10)11)9-12-6/h6H,1-3H3,(H,8,9)(H,10,11). The summed E-state index contributed by atoms with van der Waals surface area (Å²) in [6.07, 6.45) is -0.427. The monoisotopic (exact) mass is 172 g/mol. The van der Waals surface area contributed by atoms with E-state index < -0.39 is 12.2 Å². The highest BCUT2D eigenvalue weighted by Gasteiger charge is 2.32. The third-order valence-corrected chi connectivity index (χ3v) is 1.46. The first kappa shape index (κ1) is 8.99. The molecule has 0 saturated heterocycles. The maximum Gasteiger partial charge on any atom is 0.373 e. The van der Waals surface area contributed by atoms with Crippen molar-refractivity contribution in [1.29, 1.82) is 0 Å². The van der Waals surface area contributed by atoms with Gasteiger partial charge >= 0.3 is 5.97 Å². The van der Waals surface area contributed by atoms with Crippen LogP contribution < -0.4 is 5.48 Å². The molecule has 0 radical (unpaired) electrons. The van der Waals surface area contributed by atoms with Gasteiger partial charge in [0, 0.05) is 5.41 Å². The lowest BCUT2D eigenvalue weighted by atomic mass is 9.95. The molecule has 2 N–H and O–H groups in total. The lowest BCUT2D eigenvalue weighted by Crippen LogP contribution is -2.29. The zero-order chi connectivity index (χ0) is 9.35. The molecule has 5 heteroatoms. The molecule has 0 spiro atoms. The molecule has 0 fully saturated rings. The summed E-state index contributed by atoms with van der Waals surface area (Å²) in [5, 5.41) is 8.52. The van der Waals surface area contributed by atoms with Crippen LogP contribution in [0.25, 0.3) is 0 Å². The van der Waals surface area contributed by atoms with Crippen LogP contribution in [0.5, 0.6) is 0 Å². The van der Waals surface area contributed by atoms with E-state index in [2.05, 4.69) is 10.5 Å². The summed E-state index contributed by atoms with van der Waals surface area (Å²) in [7, 11) is 0. The van der Waals surface area contributed by atoms with Gasteiger partial charge in [0.1, 0.15) is 0 Å². The van der Waals surface area contributed by atoms with Gasteiger partial charge < -0.3 is 5.11 Å². The molecule has 0 amide bonds. The number of carboxylic acids is 1. The molecule has 1 atom stereocenters. The number of carbonyl (C=O) groups is 1. The number of amidine groups is 1. The van der Waals surface area contributed by atoms with Gasteiger partial charge in [0.15, 0.2) is 6.23 Å². The molecule has 0 aromatic heterocycles. The van der Waals surface area contributed by atoms with Crippen LogP contribution in [0.1, 0.15) is 20.8 Å². The van der Waals surface area contributed by atoms with Crippen LogP contribution >= 0.6 is 0 Å². The molecule has 1 unspecified atom stereocenters. The van der Waals surface area contributed by atoms with E-state index in [4.69, 9.17) is 9.94 Å². The molecule has 0 aliphatic carbocycles. The van der Waals surface area contributed by atoms with Crippen molar-refractivity contribution in [3.63, 3.8) is 0 Å². The molecule has 12 heavy (non-hydrogen) atoms. The molecular formula is C7H12N2O3. The van der Waals surface area contributed by atoms with Crippen molar-refractivity contribution in [2.24, 2.45) is 10.4 Å². The van der Waals surface area contributed by atoms with Crippen LogP contribution in [-0.4, -0.2) is 23.1 Å². The van der Waals surface area contributed by atoms with Gasteiger partial charge in [0.05, 0.1) is 0 Å². The fraction of sp³-hybridized carbons (Fsp3) is 0.714. The van der Waals surface area contributed by atoms with Crippen molar-refractivity contribution in [1.82, 2.24) is 5.48 Å². The highest BCUT2D eigenvalue weighted by Crippen LogP contribution is 2.24. The molecule has 0 aromatic carbocycles. The second-order valence-electron chi connectivity index (χ2n) is 3.72. The number of carboxylic acid groups (broad SMARTS) is 1. The average Bonchev–Trinajstić information content (AvgIpc) is 2.30. The Hall–Kier alpha value is -1.10. The molecule has 1 aliphatic heterocycles. The Labute approximate surface area is 70.4 Å². The third kappa shape index (κ3) is 1.73. The number of rotatable bonds is 1. The Balaban J connectivity index is 2.71. The van der Waals surface area contributed by atoms with Gasteiger partial charge in [-0.25, -0.2) is 20.1 Å². The summed E-state index contributed by atoms with van der Waals surface area (Å²) in [5.41, 5.74) is 2.07. The maximum absolute atomic E-state index is 10.4. The highest BCUT2D eigenvalue weighted by atomic mass is 16.7. The van der Waals surface area contributed by atoms with E-state index in [1.807, 2.05) is 20.8 Å². The van der Waals surface area contributed by atoms with Crippen LogP contribution in [0.3, 0.4) is 0 Å². The van der Waals surface area contributed by atoms with E-state index in [1.165, 1.54) is 0 Å². The summed E-state index contributed by atoms with van der Waals surface area (Å²) >= 11 is 0. The molecule has 0 saturated carbocycles. The number of hydrogen-bond acceptors (Lipinski definition) is 4. The fourth-order valence-corrected chi connectivity index (χ4v) is 0.751. The van der Waals surface area contributed by atoms with Crippen LogP contribution in [0.15, 0.2) is 4.99 Å². The van der Waals surface area contributed by atoms with Crippen molar-refractivity contribution >= 4 is 11.8 Å². The smallest absolute Gasteiger partial charge is 0.373 e. The van der Waals surface area contributed by atoms with Gasteiger partial charge in [0.2, 0.25) is 5.84 Å². The SMILES string of the molecule is CC(C)(C)C1N=C(C(=O)O)NO1. The zero-order valence-electron chi connectivity index (χ0n) is 7.29. The van der Waals surface area contributed by atoms with Gasteiger partial charge in [-0.15, -0.1) is 0 Å². The van der Waals surface area contributed by atoms with Crippen LogP contribution in [0.4, 0.5) is 0 Å². The third-order valence-electron chi connectivity index (χ3n) is 1.46. The van der Waals surface area contributed by atoms with Gasteiger partial charge in [-0.1, -0.05) is 20.8 Å². The second kappa shape index (κ2) is 2.75. The van der Waals surface area contributed by atoms with Crippen molar-refractivity contribution in [3.05, 3.63) is 0 Å². The van der Waals surface area contributed by atoms with Gasteiger partial charge in [-0.05, 0) is 0 Å². The lowest BCUT2D eigenvalue weighted by molar-refractivity contribution is -0.130. The minimum Gasteiger partial charge on any atom is -0.475 e. The number of hydroxylamine groups is 1. The molecule has 0 aromatic rings. The zero-order valence-corrected chi connectivity index (χ0v) is 7.29. The maximum atomic E-state index is 10.4. The van der Waals surface area contributed by atoms with Crippen molar-refractivity contribution in [3.8, 4) is 0 Å². The Morgan fingerprint density at radius 1 is 1.67 bits per heavy atom. The van der Waals surface area contributed by atoms with Crippen molar-refractivity contribution < 1.29 is 14.7 Å². The van der Waals surface area contributed by atoms with Gasteiger partial charge in [-0.2, -0.15) is 0 Å². The normalized spacial score (nSPS) is 23.2. The number of nitrogens with zero attached hydrogens (tertiary/aromatic N) is 1. The topological polar surface area (TPSA) is 70.9 Å². The van der Waals surface area contributed by atoms with Gasteiger partial charge in [0.25, 0.3) is 0 Å². The summed E-state index contributed by atoms with van der Waals surface area (Å²) in [6.45, 7) is 5.77. The molecule has 68 valence electrons. The minimum absolute atomic E-state index is 0.130. The fourth-order valence-electron chi connectivity index (χ4n) is 0.751. The minimum atomic E-state index is -1.10. The summed E-state index contributed by atoms with van der Waals surface area (Å²) in [6, 6.07) is 0. The van der Waals surface area contributed by atoms with Crippen LogP contribution in [0, 0.1) is 5.41 Å². The Kier molecular flexibility index (Phi) is 2.06. The number of aliphatic imine (C=N–C) groups is 1. The Morgan fingerprint density at radius 3 is 2.50 bits per heavy atom. The predicted molar refractivity (Wildman–Crippen MR) is 42.5 cm³/mol. The van der Waals surface area contributed by atoms with E-state index >= 15 is 0 Å². The largest absolute Gasteiger partial charge is 0.475 e. The Morgan fingerprint density at radius 2 is 2.25 bits per heavy atom. The quantitative estimate of drug-likeness (QED) is 0.599. The Bertz CT molecular complexity index is 229. The molecule has 1 rings (SSSR count). The van der Waals surface area contributed by atoms with E-state index in [0.29, 0.717) is 0 Å². The predicted octanol–water partition coefficient (Wildman–Crippen LogP) is 0.377. The molecule has 1 aliphatic rings. The second-order valence-corrected chi connectivity index (χ2v) is 3.72. The average molecular weight is 172 g/mol. The van der Waals surface area contributed by atoms with E-state index in [9.17, 15) is 4.79 Å². The van der Waals surface area contributed by atoms with Crippen LogP contribution in [-0.2, 0) is 9.63 Å². The summed E-state index contributed by atoms with van der Waals surface area (Å²) < 4.78 is 0. The van der Waals surface area contributed by atoms with E-state index in [1.54, 1.807) is 0 Å². The number of aliphatic carboxylic acids is 1. The van der Waals surface area contributed by atoms with Crippen LogP contribution in [0.2, 0.25) is 0 Å². The molecule has 5 nitrogen and oxygen atoms in total. The first-order chi connectivity index (χ1) is 5.41. The first-order valence-corrected chi connectivity index (χ1v) is 3.64. The number of nitrogens with one attached hydrogen (secondary N) is 1. The van der Waals surface area contributed by atoms with Crippen molar-refractivity contribution in [2.45, 2.75) is 27.0 Å². The summed E-state index contributed by atoms with van der Waals surface area (Å²) in [5.74, 6) is -1.23. The molecular weight excluding hydrogens is 160 g/mol. The van der Waals surface area contributed by atoms with E-state index in [0.717, 1.165) is 0 Å². The lowest BCUT2D eigenvalue weighted by Gasteiger charge is -2.21. The highest BCUT2D eigenvalue weighted by molar-refractivity contribution is 6.34. The molecule has 1 heterocycles.